The van der Waals surface area contributed by atoms with Crippen molar-refractivity contribution >= 4 is 30.6 Å². The van der Waals surface area contributed by atoms with Crippen LogP contribution in [0, 0.1) is 0 Å². The lowest BCUT2D eigenvalue weighted by Crippen LogP contribution is -2.56. The van der Waals surface area contributed by atoms with E-state index >= 15 is 0 Å². The van der Waals surface area contributed by atoms with E-state index in [0.717, 1.165) is 12.8 Å². The minimum atomic E-state index is -1.80. The maximum Gasteiger partial charge on any atom is 0.113 e. The molecule has 27 heavy (non-hydrogen) atoms. The predicted octanol–water partition coefficient (Wildman–Crippen LogP) is 5.89. The van der Waals surface area contributed by atoms with Crippen LogP contribution in [0.5, 0.6) is 0 Å². The van der Waals surface area contributed by atoms with Gasteiger partial charge in [0.25, 0.3) is 0 Å². The normalized spacial score (nSPS) is 15.1. The first kappa shape index (κ1) is 18.5. The molecule has 0 spiro atoms. The lowest BCUT2D eigenvalue weighted by Gasteiger charge is -2.31. The minimum Gasteiger partial charge on any atom is -0.0795 e. The Morgan fingerprint density at radius 3 is 1.44 bits per heavy atom. The summed E-state index contributed by atoms with van der Waals surface area (Å²) in [7, 11) is -1.80. The van der Waals surface area contributed by atoms with E-state index in [4.69, 9.17) is 0 Å². The van der Waals surface area contributed by atoms with Gasteiger partial charge < -0.3 is 0 Å². The number of hydrogen-bond acceptors (Lipinski definition) is 0. The zero-order chi connectivity index (χ0) is 19.3. The van der Waals surface area contributed by atoms with Crippen molar-refractivity contribution in [3.05, 3.63) is 69.8 Å². The Kier molecular flexibility index (Phi) is 4.54. The first-order valence-corrected chi connectivity index (χ1v) is 13.5. The van der Waals surface area contributed by atoms with Gasteiger partial charge in [0.2, 0.25) is 0 Å². The fourth-order valence-corrected chi connectivity index (χ4v) is 8.07. The summed E-state index contributed by atoms with van der Waals surface area (Å²) in [5.74, 6) is 1.14. The summed E-state index contributed by atoms with van der Waals surface area (Å²) in [6.45, 7) is 14.4. The van der Waals surface area contributed by atoms with Crippen LogP contribution >= 0.6 is 0 Å². The highest BCUT2D eigenvalue weighted by Gasteiger charge is 2.34. The second kappa shape index (κ2) is 6.63. The van der Waals surface area contributed by atoms with E-state index in [2.05, 4.69) is 89.4 Å². The molecule has 0 amide bonds. The number of hydrogen-bond donors (Lipinski definition) is 0. The monoisotopic (exact) mass is 372 g/mol. The van der Waals surface area contributed by atoms with Crippen molar-refractivity contribution < 1.29 is 0 Å². The topological polar surface area (TPSA) is 0 Å². The van der Waals surface area contributed by atoms with Crippen LogP contribution in [0.4, 0.5) is 0 Å². The molecule has 1 heteroatoms. The molecule has 2 aliphatic rings. The highest BCUT2D eigenvalue weighted by atomic mass is 28.3. The van der Waals surface area contributed by atoms with Crippen LogP contribution in [0.3, 0.4) is 0 Å². The Morgan fingerprint density at radius 1 is 0.667 bits per heavy atom. The molecule has 0 aromatic heterocycles. The molecule has 0 heterocycles. The first-order valence-electron chi connectivity index (χ1n) is 10.5. The minimum absolute atomic E-state index is 0.572. The molecule has 140 valence electrons. The molecular formula is C26H32Si. The Bertz CT molecular complexity index is 877. The van der Waals surface area contributed by atoms with Crippen molar-refractivity contribution in [2.75, 3.05) is 0 Å². The fourth-order valence-electron chi connectivity index (χ4n) is 4.72. The zero-order valence-electron chi connectivity index (χ0n) is 17.7. The van der Waals surface area contributed by atoms with E-state index in [1.54, 1.807) is 21.5 Å². The quantitative estimate of drug-likeness (QED) is 0.587. The summed E-state index contributed by atoms with van der Waals surface area (Å²) < 4.78 is 0. The van der Waals surface area contributed by atoms with E-state index in [9.17, 15) is 0 Å². The molecule has 0 aliphatic heterocycles. The predicted molar refractivity (Wildman–Crippen MR) is 123 cm³/mol. The number of benzene rings is 2. The van der Waals surface area contributed by atoms with Crippen LogP contribution in [0.2, 0.25) is 13.1 Å². The lowest BCUT2D eigenvalue weighted by atomic mass is 9.98. The number of fused-ring (bicyclic) bond motifs is 2. The van der Waals surface area contributed by atoms with Crippen LogP contribution in [-0.4, -0.2) is 8.07 Å². The first-order chi connectivity index (χ1) is 12.8. The van der Waals surface area contributed by atoms with Crippen molar-refractivity contribution in [2.24, 2.45) is 0 Å². The van der Waals surface area contributed by atoms with Gasteiger partial charge in [0.15, 0.2) is 0 Å². The van der Waals surface area contributed by atoms with Gasteiger partial charge in [-0.25, -0.2) is 0 Å². The summed E-state index contributed by atoms with van der Waals surface area (Å²) in [6.07, 6.45) is 11.6. The van der Waals surface area contributed by atoms with Gasteiger partial charge in [-0.2, -0.15) is 0 Å². The van der Waals surface area contributed by atoms with Gasteiger partial charge in [-0.3, -0.25) is 0 Å². The number of allylic oxidation sites excluding steroid dienone is 2. The molecule has 0 saturated carbocycles. The second-order valence-corrected chi connectivity index (χ2v) is 13.7. The van der Waals surface area contributed by atoms with Crippen molar-refractivity contribution in [1.29, 1.82) is 0 Å². The molecule has 0 fully saturated rings. The van der Waals surface area contributed by atoms with Gasteiger partial charge in [-0.15, -0.1) is 0 Å². The van der Waals surface area contributed by atoms with E-state index in [1.807, 2.05) is 0 Å². The zero-order valence-corrected chi connectivity index (χ0v) is 18.7. The Balaban J connectivity index is 1.94. The average molecular weight is 373 g/mol. The highest BCUT2D eigenvalue weighted by molar-refractivity contribution is 7.01. The van der Waals surface area contributed by atoms with Gasteiger partial charge >= 0.3 is 0 Å². The van der Waals surface area contributed by atoms with Gasteiger partial charge in [0.05, 0.1) is 0 Å². The van der Waals surface area contributed by atoms with Crippen LogP contribution in [0.15, 0.2) is 36.4 Å². The summed E-state index contributed by atoms with van der Waals surface area (Å²) in [4.78, 5) is 0. The van der Waals surface area contributed by atoms with Gasteiger partial charge in [0.1, 0.15) is 8.07 Å². The third-order valence-electron chi connectivity index (χ3n) is 6.53. The van der Waals surface area contributed by atoms with Gasteiger partial charge in [0, 0.05) is 0 Å². The van der Waals surface area contributed by atoms with E-state index in [-0.39, 0.29) is 0 Å². The van der Waals surface area contributed by atoms with Crippen LogP contribution in [-0.2, 0) is 12.8 Å². The Hall–Kier alpha value is -1.86. The largest absolute Gasteiger partial charge is 0.113 e. The third kappa shape index (κ3) is 3.06. The Labute approximate surface area is 166 Å². The van der Waals surface area contributed by atoms with E-state index in [0.29, 0.717) is 11.8 Å². The molecule has 0 saturated heterocycles. The van der Waals surface area contributed by atoms with Gasteiger partial charge in [-0.05, 0) is 58.1 Å². The summed E-state index contributed by atoms with van der Waals surface area (Å²) >= 11 is 0. The SMILES string of the molecule is CC(C)c1cc2c(c([Si](C)(C)c3cc(C(C)C)cc4c3CC=C4)c1)CC=C2. The van der Waals surface area contributed by atoms with Crippen LogP contribution < -0.4 is 10.4 Å². The second-order valence-electron chi connectivity index (χ2n) is 9.42. The highest BCUT2D eigenvalue weighted by Crippen LogP contribution is 2.29. The van der Waals surface area contributed by atoms with Crippen molar-refractivity contribution in [1.82, 2.24) is 0 Å². The van der Waals surface area contributed by atoms with E-state index in [1.165, 1.54) is 22.3 Å². The molecule has 0 N–H and O–H groups in total. The van der Waals surface area contributed by atoms with E-state index < -0.39 is 8.07 Å². The van der Waals surface area contributed by atoms with Crippen molar-refractivity contribution in [3.8, 4) is 0 Å². The number of rotatable bonds is 4. The maximum absolute atomic E-state index is 2.57. The standard InChI is InChI=1S/C26H32Si/c1-17(2)21-13-19-9-7-11-23(19)25(15-21)27(5,6)26-16-22(18(3)4)14-20-10-8-12-24(20)26/h7-10,13-18H,11-12H2,1-6H3. The molecule has 0 radical (unpaired) electrons. The molecular weight excluding hydrogens is 340 g/mol. The summed E-state index contributed by atoms with van der Waals surface area (Å²) in [5, 5.41) is 3.31. The van der Waals surface area contributed by atoms with Crippen molar-refractivity contribution in [3.63, 3.8) is 0 Å². The molecule has 4 rings (SSSR count). The molecule has 0 unspecified atom stereocenters. The molecule has 0 atom stereocenters. The van der Waals surface area contributed by atoms with Crippen LogP contribution in [0.1, 0.15) is 72.9 Å². The smallest absolute Gasteiger partial charge is 0.0795 e. The molecule has 0 nitrogen and oxygen atoms in total. The average Bonchev–Trinajstić information content (AvgIpc) is 3.28. The van der Waals surface area contributed by atoms with Crippen LogP contribution in [0.25, 0.3) is 12.2 Å². The lowest BCUT2D eigenvalue weighted by molar-refractivity contribution is 0.866. The van der Waals surface area contributed by atoms with Gasteiger partial charge in [-0.1, -0.05) is 99.7 Å². The maximum atomic E-state index is 2.57. The third-order valence-corrected chi connectivity index (χ3v) is 10.1. The molecule has 2 aromatic carbocycles. The Morgan fingerprint density at radius 2 is 1.07 bits per heavy atom. The van der Waals surface area contributed by atoms with Crippen molar-refractivity contribution in [2.45, 2.75) is 65.5 Å². The summed E-state index contributed by atoms with van der Waals surface area (Å²) in [6, 6.07) is 9.96. The molecule has 0 bridgehead atoms. The molecule has 2 aromatic rings. The fraction of sp³-hybridized carbons (Fsp3) is 0.385. The summed E-state index contributed by atoms with van der Waals surface area (Å²) in [5.41, 5.74) is 9.09. The molecule has 2 aliphatic carbocycles.